The number of hydrogen-bond acceptors (Lipinski definition) is 10. The van der Waals surface area contributed by atoms with E-state index in [2.05, 4.69) is 5.32 Å². The maximum absolute atomic E-state index is 15.4. The highest BCUT2D eigenvalue weighted by Gasteiger charge is 2.37. The Morgan fingerprint density at radius 3 is 2.03 bits per heavy atom. The molecule has 1 N–H and O–H groups in total. The number of halogens is 7. The molecule has 1 fully saturated rings. The lowest BCUT2D eigenvalue weighted by atomic mass is 10.0. The fourth-order valence-corrected chi connectivity index (χ4v) is 6.87. The summed E-state index contributed by atoms with van der Waals surface area (Å²) in [4.78, 5) is 58.5. The second kappa shape index (κ2) is 18.3. The molecule has 1 aliphatic heterocycles. The van der Waals surface area contributed by atoms with Crippen LogP contribution in [0.15, 0.2) is 68.6 Å². The lowest BCUT2D eigenvalue weighted by molar-refractivity contribution is -0.157. The van der Waals surface area contributed by atoms with Crippen molar-refractivity contribution in [1.82, 2.24) is 19.4 Å². The van der Waals surface area contributed by atoms with Crippen LogP contribution in [0, 0.1) is 12.7 Å². The zero-order chi connectivity index (χ0) is 45.9. The summed E-state index contributed by atoms with van der Waals surface area (Å²) in [6.45, 7) is 9.39. The van der Waals surface area contributed by atoms with Crippen LogP contribution >= 0.6 is 0 Å². The van der Waals surface area contributed by atoms with E-state index in [9.17, 15) is 45.5 Å². The van der Waals surface area contributed by atoms with Gasteiger partial charge in [-0.1, -0.05) is 24.3 Å². The molecule has 0 bridgehead atoms. The van der Waals surface area contributed by atoms with Crippen LogP contribution in [0.5, 0.6) is 5.75 Å². The molecule has 4 aromatic rings. The number of piperazine rings is 1. The Balaban J connectivity index is 1.60. The van der Waals surface area contributed by atoms with Gasteiger partial charge in [-0.2, -0.15) is 26.3 Å². The highest BCUT2D eigenvalue weighted by molar-refractivity contribution is 5.72. The van der Waals surface area contributed by atoms with Crippen molar-refractivity contribution in [2.24, 2.45) is 0 Å². The first-order chi connectivity index (χ1) is 28.7. The summed E-state index contributed by atoms with van der Waals surface area (Å²) < 4.78 is 121. The second-order valence-corrected chi connectivity index (χ2v) is 16.6. The smallest absolute Gasteiger partial charge is 0.449 e. The molecule has 0 spiro atoms. The Kier molecular flexibility index (Phi) is 13.9. The van der Waals surface area contributed by atoms with E-state index < -0.39 is 95.3 Å². The minimum Gasteiger partial charge on any atom is -0.482 e. The number of ether oxygens (including phenoxy) is 3. The third kappa shape index (κ3) is 12.0. The van der Waals surface area contributed by atoms with Gasteiger partial charge in [0.2, 0.25) is 5.76 Å². The first-order valence-corrected chi connectivity index (χ1v) is 19.5. The number of hydrogen-bond donors (Lipinski definition) is 1. The number of carbonyl (C=O) groups is 2. The zero-order valence-corrected chi connectivity index (χ0v) is 35.1. The monoisotopic (exact) mass is 883 g/mol. The average Bonchev–Trinajstić information content (AvgIpc) is 3.63. The summed E-state index contributed by atoms with van der Waals surface area (Å²) >= 11 is 0. The molecule has 2 aromatic heterocycles. The van der Waals surface area contributed by atoms with Crippen molar-refractivity contribution in [3.63, 3.8) is 0 Å². The molecule has 5 rings (SSSR count). The SMILES string of the molecule is Cc1c(N2CCN(Cc3ccc(C(F)(F)F)o3)CC2)c(=O)n(C[C@H](NC(=O)OC(C)(C)C)c2ccccc2OCC(=O)OC(C)(C)C)c(=O)n1Cc1c(F)cccc1C(F)(F)F. The van der Waals surface area contributed by atoms with E-state index in [-0.39, 0.29) is 61.2 Å². The number of aromatic nitrogens is 2. The van der Waals surface area contributed by atoms with Crippen molar-refractivity contribution in [3.05, 3.63) is 115 Å². The van der Waals surface area contributed by atoms with Gasteiger partial charge in [0.05, 0.1) is 31.2 Å². The number of amides is 1. The van der Waals surface area contributed by atoms with Crippen molar-refractivity contribution in [3.8, 4) is 5.75 Å². The number of rotatable bonds is 12. The minimum absolute atomic E-state index is 0.00639. The second-order valence-electron chi connectivity index (χ2n) is 16.6. The third-order valence-corrected chi connectivity index (χ3v) is 9.52. The highest BCUT2D eigenvalue weighted by atomic mass is 19.4. The number of alkyl carbamates (subject to hydrolysis) is 1. The largest absolute Gasteiger partial charge is 0.482 e. The van der Waals surface area contributed by atoms with Gasteiger partial charge in [0, 0.05) is 43.0 Å². The normalized spacial score (nSPS) is 14.7. The minimum atomic E-state index is -5.02. The predicted molar refractivity (Wildman–Crippen MR) is 211 cm³/mol. The molecule has 1 saturated heterocycles. The molecule has 0 aliphatic carbocycles. The molecule has 2 aromatic carbocycles. The van der Waals surface area contributed by atoms with E-state index in [4.69, 9.17) is 18.6 Å². The molecule has 13 nitrogen and oxygen atoms in total. The maximum atomic E-state index is 15.4. The van der Waals surface area contributed by atoms with E-state index in [1.165, 1.54) is 25.1 Å². The molecule has 0 radical (unpaired) electrons. The van der Waals surface area contributed by atoms with Crippen LogP contribution < -0.4 is 26.2 Å². The molecule has 0 unspecified atom stereocenters. The van der Waals surface area contributed by atoms with Crippen molar-refractivity contribution in [2.45, 2.75) is 97.7 Å². The number of anilines is 1. The molecule has 0 saturated carbocycles. The Morgan fingerprint density at radius 2 is 1.44 bits per heavy atom. The van der Waals surface area contributed by atoms with Crippen LogP contribution in [-0.4, -0.2) is 70.1 Å². The Morgan fingerprint density at radius 1 is 0.790 bits per heavy atom. The Labute approximate surface area is 351 Å². The molecule has 338 valence electrons. The van der Waals surface area contributed by atoms with Crippen molar-refractivity contribution in [1.29, 1.82) is 0 Å². The quantitative estimate of drug-likeness (QED) is 0.113. The van der Waals surface area contributed by atoms with Gasteiger partial charge in [-0.15, -0.1) is 0 Å². The van der Waals surface area contributed by atoms with Crippen LogP contribution in [0.4, 0.5) is 41.2 Å². The van der Waals surface area contributed by atoms with Crippen molar-refractivity contribution in [2.75, 3.05) is 37.7 Å². The number of carbonyl (C=O) groups excluding carboxylic acids is 2. The number of alkyl halides is 6. The third-order valence-electron chi connectivity index (χ3n) is 9.52. The van der Waals surface area contributed by atoms with Gasteiger partial charge in [0.1, 0.15) is 34.2 Å². The molecule has 62 heavy (non-hydrogen) atoms. The highest BCUT2D eigenvalue weighted by Crippen LogP contribution is 2.35. The van der Waals surface area contributed by atoms with E-state index in [1.54, 1.807) is 63.5 Å². The van der Waals surface area contributed by atoms with Gasteiger partial charge in [0.25, 0.3) is 5.56 Å². The standard InChI is InChI=1S/C42H48F7N5O8/c1-25-35(52-19-17-51(18-20-52)21-26-15-16-33(60-26)42(47,48)49)36(56)54(38(58)53(25)22-28-29(41(44,45)46)12-10-13-30(28)43)23-31(50-37(57)62-40(5,6)7)27-11-8-9-14-32(27)59-24-34(55)61-39(2,3)4/h8-16,31H,17-24H2,1-7H3,(H,50,57)/t31-/m0/s1. The molecule has 1 aliphatic rings. The molecular weight excluding hydrogens is 835 g/mol. The summed E-state index contributed by atoms with van der Waals surface area (Å²) in [6, 6.07) is 9.13. The van der Waals surface area contributed by atoms with E-state index in [1.807, 2.05) is 0 Å². The van der Waals surface area contributed by atoms with Gasteiger partial charge in [0.15, 0.2) is 6.61 Å². The van der Waals surface area contributed by atoms with E-state index in [0.29, 0.717) is 10.6 Å². The molecule has 20 heteroatoms. The maximum Gasteiger partial charge on any atom is 0.449 e. The summed E-state index contributed by atoms with van der Waals surface area (Å²) in [5, 5.41) is 2.65. The van der Waals surface area contributed by atoms with Gasteiger partial charge >= 0.3 is 30.1 Å². The number of furan rings is 1. The fourth-order valence-electron chi connectivity index (χ4n) is 6.87. The number of nitrogens with zero attached hydrogens (tertiary/aromatic N) is 4. The van der Waals surface area contributed by atoms with Crippen molar-refractivity contribution >= 4 is 17.7 Å². The lowest BCUT2D eigenvalue weighted by Gasteiger charge is -2.36. The number of para-hydroxylation sites is 1. The summed E-state index contributed by atoms with van der Waals surface area (Å²) in [6.07, 6.45) is -10.7. The zero-order valence-electron chi connectivity index (χ0n) is 35.1. The first kappa shape index (κ1) is 47.3. The van der Waals surface area contributed by atoms with E-state index in [0.717, 1.165) is 22.8 Å². The van der Waals surface area contributed by atoms with Gasteiger partial charge in [-0.05, 0) is 78.8 Å². The first-order valence-electron chi connectivity index (χ1n) is 19.5. The van der Waals surface area contributed by atoms with Crippen molar-refractivity contribution < 1.29 is 58.9 Å². The van der Waals surface area contributed by atoms with Crippen LogP contribution in [0.1, 0.15) is 81.5 Å². The summed E-state index contributed by atoms with van der Waals surface area (Å²) in [5.74, 6) is -3.07. The lowest BCUT2D eigenvalue weighted by Crippen LogP contribution is -2.51. The number of benzene rings is 2. The summed E-state index contributed by atoms with van der Waals surface area (Å²) in [5.41, 5.74) is -6.19. The van der Waals surface area contributed by atoms with Gasteiger partial charge in [-0.25, -0.2) is 18.8 Å². The number of nitrogens with one attached hydrogen (secondary N) is 1. The molecule has 1 atom stereocenters. The fraction of sp³-hybridized carbons (Fsp3) is 0.476. The van der Waals surface area contributed by atoms with E-state index >= 15 is 4.39 Å². The van der Waals surface area contributed by atoms with Crippen LogP contribution in [-0.2, 0) is 46.3 Å². The van der Waals surface area contributed by atoms with Gasteiger partial charge in [-0.3, -0.25) is 18.8 Å². The molecule has 3 heterocycles. The average molecular weight is 884 g/mol. The predicted octanol–water partition coefficient (Wildman–Crippen LogP) is 7.45. The van der Waals surface area contributed by atoms with Gasteiger partial charge < -0.3 is 28.8 Å². The Bertz CT molecular complexity index is 2370. The van der Waals surface area contributed by atoms with Crippen LogP contribution in [0.2, 0.25) is 0 Å². The molecule has 1 amide bonds. The summed E-state index contributed by atoms with van der Waals surface area (Å²) in [7, 11) is 0. The number of esters is 1. The Hall–Kier alpha value is -5.79. The van der Waals surface area contributed by atoms with Crippen LogP contribution in [0.25, 0.3) is 0 Å². The van der Waals surface area contributed by atoms with Crippen LogP contribution in [0.3, 0.4) is 0 Å². The molecular formula is C42H48F7N5O8. The topological polar surface area (TPSA) is 137 Å².